The Bertz CT molecular complexity index is 1370. The zero-order valence-electron chi connectivity index (χ0n) is 16.3. The lowest BCUT2D eigenvalue weighted by Gasteiger charge is -2.02. The van der Waals surface area contributed by atoms with Crippen molar-refractivity contribution in [1.82, 2.24) is 4.98 Å². The smallest absolute Gasteiger partial charge is 0.146 e. The van der Waals surface area contributed by atoms with Gasteiger partial charge in [0.2, 0.25) is 0 Å². The van der Waals surface area contributed by atoms with Crippen molar-refractivity contribution < 1.29 is 9.15 Å². The van der Waals surface area contributed by atoms with Gasteiger partial charge in [0.15, 0.2) is 0 Å². The third kappa shape index (κ3) is 3.44. The maximum absolute atomic E-state index is 6.32. The fraction of sp³-hybridized carbons (Fsp3) is 0.0385. The molecule has 5 rings (SSSR count). The summed E-state index contributed by atoms with van der Waals surface area (Å²) in [5, 5.41) is 2.69. The number of hydrogen-bond acceptors (Lipinski definition) is 3. The molecule has 5 aromatic rings. The molecule has 30 heavy (non-hydrogen) atoms. The molecule has 0 aliphatic heterocycles. The molecule has 3 nitrogen and oxygen atoms in total. The van der Waals surface area contributed by atoms with E-state index >= 15 is 0 Å². The van der Waals surface area contributed by atoms with E-state index in [1.54, 1.807) is 7.11 Å². The second kappa shape index (κ2) is 7.69. The molecule has 0 spiro atoms. The molecule has 2 aromatic heterocycles. The largest absolute Gasteiger partial charge is 0.497 e. The quantitative estimate of drug-likeness (QED) is 0.307. The first-order chi connectivity index (χ1) is 14.7. The van der Waals surface area contributed by atoms with Gasteiger partial charge in [-0.3, -0.25) is 0 Å². The summed E-state index contributed by atoms with van der Waals surface area (Å²) in [5.41, 5.74) is 4.64. The number of methoxy groups -OCH3 is 1. The van der Waals surface area contributed by atoms with Gasteiger partial charge >= 0.3 is 0 Å². The molecule has 0 bridgehead atoms. The van der Waals surface area contributed by atoms with E-state index in [0.717, 1.165) is 55.2 Å². The molecule has 0 fully saturated rings. The van der Waals surface area contributed by atoms with Gasteiger partial charge in [0.25, 0.3) is 0 Å². The number of pyridine rings is 1. The lowest BCUT2D eigenvalue weighted by Crippen LogP contribution is -1.85. The number of aromatic nitrogens is 1. The first kappa shape index (κ1) is 18.5. The number of fused-ring (bicyclic) bond motifs is 3. The predicted octanol–water partition coefficient (Wildman–Crippen LogP) is 7.48. The number of para-hydroxylation sites is 1. The van der Waals surface area contributed by atoms with Gasteiger partial charge in [0.1, 0.15) is 17.1 Å². The molecule has 0 aliphatic carbocycles. The Labute approximate surface area is 179 Å². The van der Waals surface area contributed by atoms with E-state index < -0.39 is 0 Å². The third-order valence-electron chi connectivity index (χ3n) is 5.08. The standard InChI is InChI=1S/C26H18ClNO2/c1-29-20-13-9-18(10-14-20)25-16-22-24(15-8-17-6-11-19(27)12-7-17)28-23-5-3-2-4-21(23)26(22)30-25/h2-16H,1H3/b15-8+. The van der Waals surface area contributed by atoms with Gasteiger partial charge in [-0.2, -0.15) is 0 Å². The summed E-state index contributed by atoms with van der Waals surface area (Å²) in [5.74, 6) is 1.61. The Hall–Kier alpha value is -3.56. The molecule has 0 aliphatic rings. The molecule has 0 saturated carbocycles. The molecular weight excluding hydrogens is 394 g/mol. The van der Waals surface area contributed by atoms with Crippen LogP contribution >= 0.6 is 11.6 Å². The van der Waals surface area contributed by atoms with Crippen LogP contribution in [0.2, 0.25) is 5.02 Å². The molecule has 0 amide bonds. The van der Waals surface area contributed by atoms with E-state index in [4.69, 9.17) is 25.7 Å². The van der Waals surface area contributed by atoms with E-state index in [-0.39, 0.29) is 0 Å². The van der Waals surface area contributed by atoms with Crippen LogP contribution in [-0.4, -0.2) is 12.1 Å². The first-order valence-electron chi connectivity index (χ1n) is 9.61. The van der Waals surface area contributed by atoms with Crippen LogP contribution in [0.3, 0.4) is 0 Å². The maximum atomic E-state index is 6.32. The van der Waals surface area contributed by atoms with Gasteiger partial charge in [0.05, 0.1) is 18.3 Å². The van der Waals surface area contributed by atoms with Gasteiger partial charge in [-0.1, -0.05) is 41.9 Å². The molecule has 146 valence electrons. The van der Waals surface area contributed by atoms with E-state index in [1.807, 2.05) is 84.9 Å². The van der Waals surface area contributed by atoms with Crippen molar-refractivity contribution in [3.8, 4) is 17.1 Å². The average Bonchev–Trinajstić information content (AvgIpc) is 3.24. The molecule has 0 atom stereocenters. The van der Waals surface area contributed by atoms with Crippen LogP contribution in [0, 0.1) is 0 Å². The lowest BCUT2D eigenvalue weighted by molar-refractivity contribution is 0.415. The van der Waals surface area contributed by atoms with Crippen molar-refractivity contribution in [2.75, 3.05) is 7.11 Å². The van der Waals surface area contributed by atoms with Crippen LogP contribution in [-0.2, 0) is 0 Å². The van der Waals surface area contributed by atoms with Crippen LogP contribution in [0.1, 0.15) is 11.3 Å². The number of ether oxygens (including phenoxy) is 1. The monoisotopic (exact) mass is 411 g/mol. The average molecular weight is 412 g/mol. The minimum atomic E-state index is 0.720. The third-order valence-corrected chi connectivity index (χ3v) is 5.33. The fourth-order valence-corrected chi connectivity index (χ4v) is 3.63. The summed E-state index contributed by atoms with van der Waals surface area (Å²) in [6.45, 7) is 0. The van der Waals surface area contributed by atoms with Crippen molar-refractivity contribution in [3.05, 3.63) is 95.1 Å². The number of hydrogen-bond donors (Lipinski definition) is 0. The number of rotatable bonds is 4. The number of nitrogens with zero attached hydrogens (tertiary/aromatic N) is 1. The molecule has 2 heterocycles. The van der Waals surface area contributed by atoms with Gasteiger partial charge < -0.3 is 9.15 Å². The zero-order valence-corrected chi connectivity index (χ0v) is 17.1. The highest BCUT2D eigenvalue weighted by molar-refractivity contribution is 6.30. The zero-order chi connectivity index (χ0) is 20.5. The van der Waals surface area contributed by atoms with Gasteiger partial charge in [-0.25, -0.2) is 4.98 Å². The van der Waals surface area contributed by atoms with Gasteiger partial charge in [-0.15, -0.1) is 0 Å². The summed E-state index contributed by atoms with van der Waals surface area (Å²) < 4.78 is 11.6. The Morgan fingerprint density at radius 1 is 0.867 bits per heavy atom. The lowest BCUT2D eigenvalue weighted by atomic mass is 10.1. The summed E-state index contributed by atoms with van der Waals surface area (Å²) in [6, 6.07) is 25.7. The highest BCUT2D eigenvalue weighted by atomic mass is 35.5. The summed E-state index contributed by atoms with van der Waals surface area (Å²) in [6.07, 6.45) is 4.05. The van der Waals surface area contributed by atoms with Crippen LogP contribution in [0.4, 0.5) is 0 Å². The first-order valence-corrected chi connectivity index (χ1v) is 9.99. The minimum Gasteiger partial charge on any atom is -0.497 e. The van der Waals surface area contributed by atoms with Crippen molar-refractivity contribution in [2.24, 2.45) is 0 Å². The van der Waals surface area contributed by atoms with Crippen LogP contribution in [0.5, 0.6) is 5.75 Å². The SMILES string of the molecule is COc1ccc(-c2cc3c(/C=C/c4ccc(Cl)cc4)nc4ccccc4c3o2)cc1. The summed E-state index contributed by atoms with van der Waals surface area (Å²) >= 11 is 6.00. The molecule has 3 aromatic carbocycles. The molecule has 4 heteroatoms. The van der Waals surface area contributed by atoms with Gasteiger partial charge in [-0.05, 0) is 66.2 Å². The summed E-state index contributed by atoms with van der Waals surface area (Å²) in [4.78, 5) is 4.88. The van der Waals surface area contributed by atoms with E-state index in [2.05, 4.69) is 6.07 Å². The molecule has 0 saturated heterocycles. The highest BCUT2D eigenvalue weighted by Crippen LogP contribution is 2.35. The maximum Gasteiger partial charge on any atom is 0.146 e. The summed E-state index contributed by atoms with van der Waals surface area (Å²) in [7, 11) is 1.66. The van der Waals surface area contributed by atoms with Crippen LogP contribution < -0.4 is 4.74 Å². The second-order valence-corrected chi connectivity index (χ2v) is 7.42. The molecule has 0 radical (unpaired) electrons. The minimum absolute atomic E-state index is 0.720. The topological polar surface area (TPSA) is 35.3 Å². The molecule has 0 N–H and O–H groups in total. The van der Waals surface area contributed by atoms with Crippen molar-refractivity contribution in [1.29, 1.82) is 0 Å². The van der Waals surface area contributed by atoms with Crippen molar-refractivity contribution in [3.63, 3.8) is 0 Å². The Morgan fingerprint density at radius 3 is 2.40 bits per heavy atom. The van der Waals surface area contributed by atoms with E-state index in [0.29, 0.717) is 0 Å². The number of furan rings is 1. The Kier molecular flexibility index (Phi) is 4.74. The normalized spacial score (nSPS) is 11.5. The van der Waals surface area contributed by atoms with E-state index in [9.17, 15) is 0 Å². The predicted molar refractivity (Wildman–Crippen MR) is 124 cm³/mol. The number of benzene rings is 3. The fourth-order valence-electron chi connectivity index (χ4n) is 3.51. The highest BCUT2D eigenvalue weighted by Gasteiger charge is 2.14. The molecular formula is C26H18ClNO2. The Balaban J connectivity index is 1.66. The van der Waals surface area contributed by atoms with Crippen LogP contribution in [0.25, 0.3) is 45.3 Å². The van der Waals surface area contributed by atoms with Crippen molar-refractivity contribution >= 4 is 45.6 Å². The Morgan fingerprint density at radius 2 is 1.63 bits per heavy atom. The second-order valence-electron chi connectivity index (χ2n) is 6.98. The van der Waals surface area contributed by atoms with Gasteiger partial charge in [0, 0.05) is 21.4 Å². The van der Waals surface area contributed by atoms with Crippen molar-refractivity contribution in [2.45, 2.75) is 0 Å². The van der Waals surface area contributed by atoms with E-state index in [1.165, 1.54) is 0 Å². The molecule has 0 unspecified atom stereocenters. The van der Waals surface area contributed by atoms with Crippen LogP contribution in [0.15, 0.2) is 83.3 Å². The number of halogens is 1.